The highest BCUT2D eigenvalue weighted by Crippen LogP contribution is 2.28. The molecule has 2 aromatic carbocycles. The summed E-state index contributed by atoms with van der Waals surface area (Å²) in [5.74, 6) is 0. The number of benzene rings is 2. The maximum atomic E-state index is 12.9. The van der Waals surface area contributed by atoms with Gasteiger partial charge in [0.1, 0.15) is 6.07 Å². The Labute approximate surface area is 137 Å². The first-order chi connectivity index (χ1) is 11.3. The second kappa shape index (κ2) is 5.47. The minimum absolute atomic E-state index is 0.0426. The number of nitro groups is 1. The van der Waals surface area contributed by atoms with Crippen LogP contribution in [0.2, 0.25) is 0 Å². The predicted molar refractivity (Wildman–Crippen MR) is 87.1 cm³/mol. The Balaban J connectivity index is 2.32. The highest BCUT2D eigenvalue weighted by atomic mass is 32.2. The van der Waals surface area contributed by atoms with E-state index < -0.39 is 14.9 Å². The molecular formula is C16H11N3O4S. The molecule has 1 aromatic heterocycles. The number of hydrogen-bond acceptors (Lipinski definition) is 5. The first kappa shape index (κ1) is 15.7. The fourth-order valence-electron chi connectivity index (χ4n) is 2.41. The molecule has 0 radical (unpaired) electrons. The lowest BCUT2D eigenvalue weighted by atomic mass is 10.2. The van der Waals surface area contributed by atoms with Crippen molar-refractivity contribution < 1.29 is 13.3 Å². The van der Waals surface area contributed by atoms with Crippen molar-refractivity contribution in [2.75, 3.05) is 0 Å². The third-order valence-corrected chi connectivity index (χ3v) is 5.35. The lowest BCUT2D eigenvalue weighted by Gasteiger charge is -2.07. The summed E-state index contributed by atoms with van der Waals surface area (Å²) in [6.45, 7) is 1.83. The van der Waals surface area contributed by atoms with Crippen molar-refractivity contribution in [3.05, 3.63) is 69.9 Å². The smallest absolute Gasteiger partial charge is 0.258 e. The monoisotopic (exact) mass is 341 g/mol. The van der Waals surface area contributed by atoms with Crippen LogP contribution in [0.25, 0.3) is 10.9 Å². The summed E-state index contributed by atoms with van der Waals surface area (Å²) in [6, 6.07) is 11.9. The second-order valence-electron chi connectivity index (χ2n) is 5.23. The Morgan fingerprint density at radius 3 is 2.42 bits per heavy atom. The third kappa shape index (κ3) is 2.41. The lowest BCUT2D eigenvalue weighted by Crippen LogP contribution is -2.11. The summed E-state index contributed by atoms with van der Waals surface area (Å²) in [5, 5.41) is 20.5. The van der Waals surface area contributed by atoms with Crippen LogP contribution in [0.1, 0.15) is 11.1 Å². The number of aromatic nitrogens is 1. The average molecular weight is 341 g/mol. The average Bonchev–Trinajstić information content (AvgIpc) is 2.93. The molecule has 0 bridgehead atoms. The Kier molecular flexibility index (Phi) is 3.58. The van der Waals surface area contributed by atoms with Crippen molar-refractivity contribution in [1.82, 2.24) is 3.97 Å². The van der Waals surface area contributed by atoms with Crippen LogP contribution in [0.4, 0.5) is 5.69 Å². The fourth-order valence-corrected chi connectivity index (χ4v) is 3.77. The molecule has 3 aromatic rings. The summed E-state index contributed by atoms with van der Waals surface area (Å²) in [7, 11) is -3.97. The van der Waals surface area contributed by atoms with E-state index in [2.05, 4.69) is 0 Å². The van der Waals surface area contributed by atoms with Gasteiger partial charge in [0, 0.05) is 23.7 Å². The molecule has 0 fully saturated rings. The van der Waals surface area contributed by atoms with Crippen molar-refractivity contribution in [2.45, 2.75) is 11.8 Å². The molecule has 0 atom stereocenters. The third-order valence-electron chi connectivity index (χ3n) is 3.66. The van der Waals surface area contributed by atoms with E-state index in [1.807, 2.05) is 13.0 Å². The van der Waals surface area contributed by atoms with Gasteiger partial charge in [-0.1, -0.05) is 17.7 Å². The molecule has 0 spiro atoms. The number of hydrogen-bond donors (Lipinski definition) is 0. The Morgan fingerprint density at radius 2 is 1.83 bits per heavy atom. The van der Waals surface area contributed by atoms with E-state index in [1.165, 1.54) is 30.5 Å². The molecule has 3 rings (SSSR count). The minimum Gasteiger partial charge on any atom is -0.258 e. The number of aryl methyl sites for hydroxylation is 1. The van der Waals surface area contributed by atoms with Crippen LogP contribution in [0.5, 0.6) is 0 Å². The molecule has 0 aliphatic heterocycles. The zero-order chi connectivity index (χ0) is 17.5. The summed E-state index contributed by atoms with van der Waals surface area (Å²) < 4.78 is 26.6. The summed E-state index contributed by atoms with van der Waals surface area (Å²) in [6.07, 6.45) is 1.18. The van der Waals surface area contributed by atoms with Crippen LogP contribution in [-0.4, -0.2) is 17.3 Å². The van der Waals surface area contributed by atoms with E-state index in [-0.39, 0.29) is 21.7 Å². The number of nitrogens with zero attached hydrogens (tertiary/aromatic N) is 3. The zero-order valence-corrected chi connectivity index (χ0v) is 13.3. The largest absolute Gasteiger partial charge is 0.271 e. The zero-order valence-electron chi connectivity index (χ0n) is 12.5. The van der Waals surface area contributed by atoms with Gasteiger partial charge in [0.25, 0.3) is 15.7 Å². The van der Waals surface area contributed by atoms with E-state index in [0.29, 0.717) is 5.39 Å². The molecule has 0 amide bonds. The molecule has 0 saturated carbocycles. The first-order valence-electron chi connectivity index (χ1n) is 6.86. The molecule has 7 nitrogen and oxygen atoms in total. The van der Waals surface area contributed by atoms with Gasteiger partial charge in [-0.05, 0) is 25.1 Å². The SMILES string of the molecule is Cc1ccc(S(=O)(=O)n2cc(C#N)c3ccc([N+](=O)[O-])cc32)cc1. The Morgan fingerprint density at radius 1 is 1.17 bits per heavy atom. The quantitative estimate of drug-likeness (QED) is 0.538. The van der Waals surface area contributed by atoms with Crippen LogP contribution in [-0.2, 0) is 10.0 Å². The van der Waals surface area contributed by atoms with Crippen molar-refractivity contribution >= 4 is 26.6 Å². The highest BCUT2D eigenvalue weighted by Gasteiger charge is 2.22. The summed E-state index contributed by atoms with van der Waals surface area (Å²) >= 11 is 0. The van der Waals surface area contributed by atoms with Gasteiger partial charge in [0.2, 0.25) is 0 Å². The normalized spacial score (nSPS) is 11.3. The van der Waals surface area contributed by atoms with E-state index in [1.54, 1.807) is 12.1 Å². The van der Waals surface area contributed by atoms with Crippen LogP contribution >= 0.6 is 0 Å². The van der Waals surface area contributed by atoms with Gasteiger partial charge in [-0.25, -0.2) is 12.4 Å². The molecule has 0 saturated heterocycles. The number of nitriles is 1. The standard InChI is InChI=1S/C16H11N3O4S/c1-11-2-5-14(6-3-11)24(22,23)18-10-12(9-17)15-7-4-13(19(20)21)8-16(15)18/h2-8,10H,1H3. The van der Waals surface area contributed by atoms with E-state index in [4.69, 9.17) is 0 Å². The molecule has 0 aliphatic rings. The van der Waals surface area contributed by atoms with Crippen molar-refractivity contribution in [1.29, 1.82) is 5.26 Å². The Hall–Kier alpha value is -3.18. The first-order valence-corrected chi connectivity index (χ1v) is 8.30. The summed E-state index contributed by atoms with van der Waals surface area (Å²) in [4.78, 5) is 10.4. The molecular weight excluding hydrogens is 330 g/mol. The van der Waals surface area contributed by atoms with Crippen molar-refractivity contribution in [3.8, 4) is 6.07 Å². The molecule has 8 heteroatoms. The molecule has 0 unspecified atom stereocenters. The minimum atomic E-state index is -3.97. The van der Waals surface area contributed by atoms with Gasteiger partial charge in [-0.3, -0.25) is 10.1 Å². The van der Waals surface area contributed by atoms with E-state index in [0.717, 1.165) is 15.6 Å². The van der Waals surface area contributed by atoms with Gasteiger partial charge in [-0.15, -0.1) is 0 Å². The van der Waals surface area contributed by atoms with Crippen LogP contribution < -0.4 is 0 Å². The van der Waals surface area contributed by atoms with Crippen molar-refractivity contribution in [2.24, 2.45) is 0 Å². The number of rotatable bonds is 3. The second-order valence-corrected chi connectivity index (χ2v) is 7.04. The number of fused-ring (bicyclic) bond motifs is 1. The predicted octanol–water partition coefficient (Wildman–Crippen LogP) is 2.97. The van der Waals surface area contributed by atoms with Gasteiger partial charge in [0.15, 0.2) is 0 Å². The highest BCUT2D eigenvalue weighted by molar-refractivity contribution is 7.90. The van der Waals surface area contributed by atoms with Gasteiger partial charge in [0.05, 0.1) is 20.9 Å². The van der Waals surface area contributed by atoms with Gasteiger partial charge >= 0.3 is 0 Å². The summed E-state index contributed by atoms with van der Waals surface area (Å²) in [5.41, 5.74) is 0.891. The number of non-ortho nitro benzene ring substituents is 1. The Bertz CT molecular complexity index is 1110. The van der Waals surface area contributed by atoms with Crippen molar-refractivity contribution in [3.63, 3.8) is 0 Å². The molecule has 0 aliphatic carbocycles. The van der Waals surface area contributed by atoms with E-state index >= 15 is 0 Å². The van der Waals surface area contributed by atoms with Gasteiger partial charge in [-0.2, -0.15) is 5.26 Å². The molecule has 24 heavy (non-hydrogen) atoms. The van der Waals surface area contributed by atoms with E-state index in [9.17, 15) is 23.8 Å². The van der Waals surface area contributed by atoms with Crippen LogP contribution in [0, 0.1) is 28.4 Å². The molecule has 1 heterocycles. The van der Waals surface area contributed by atoms with Crippen LogP contribution in [0.3, 0.4) is 0 Å². The fraction of sp³-hybridized carbons (Fsp3) is 0.0625. The maximum absolute atomic E-state index is 12.9. The number of nitro benzene ring substituents is 1. The van der Waals surface area contributed by atoms with Gasteiger partial charge < -0.3 is 0 Å². The maximum Gasteiger partial charge on any atom is 0.271 e. The molecule has 0 N–H and O–H groups in total. The lowest BCUT2D eigenvalue weighted by molar-refractivity contribution is -0.384. The van der Waals surface area contributed by atoms with Crippen LogP contribution in [0.15, 0.2) is 53.6 Å². The topological polar surface area (TPSA) is 106 Å². The molecule has 120 valence electrons.